The largest absolute Gasteiger partial charge is 0.325 e. The molecular formula is C20H25BrN4OS. The Morgan fingerprint density at radius 3 is 2.70 bits per heavy atom. The molecule has 27 heavy (non-hydrogen) atoms. The van der Waals surface area contributed by atoms with Gasteiger partial charge in [0.15, 0.2) is 5.16 Å². The molecule has 3 rings (SSSR count). The van der Waals surface area contributed by atoms with Crippen LogP contribution in [0.15, 0.2) is 46.5 Å². The zero-order valence-corrected chi connectivity index (χ0v) is 17.8. The van der Waals surface area contributed by atoms with E-state index in [0.29, 0.717) is 18.2 Å². The van der Waals surface area contributed by atoms with Gasteiger partial charge in [0.1, 0.15) is 5.82 Å². The van der Waals surface area contributed by atoms with E-state index in [1.807, 2.05) is 30.3 Å². The van der Waals surface area contributed by atoms with Crippen LogP contribution >= 0.6 is 27.7 Å². The molecule has 144 valence electrons. The Kier molecular flexibility index (Phi) is 7.52. The van der Waals surface area contributed by atoms with Crippen molar-refractivity contribution in [2.24, 2.45) is 5.92 Å². The average molecular weight is 449 g/mol. The predicted molar refractivity (Wildman–Crippen MR) is 114 cm³/mol. The Hall–Kier alpha value is -1.60. The van der Waals surface area contributed by atoms with Crippen LogP contribution in [0.25, 0.3) is 0 Å². The summed E-state index contributed by atoms with van der Waals surface area (Å²) in [7, 11) is 0. The summed E-state index contributed by atoms with van der Waals surface area (Å²) >= 11 is 4.81. The van der Waals surface area contributed by atoms with E-state index < -0.39 is 0 Å². The van der Waals surface area contributed by atoms with Gasteiger partial charge in [0, 0.05) is 23.1 Å². The SMILES string of the molecule is C=CCn1c(CC2CCCCC2)nnc1SCC(=O)Nc1ccc(Br)cc1. The first-order valence-corrected chi connectivity index (χ1v) is 11.1. The molecule has 1 saturated carbocycles. The minimum Gasteiger partial charge on any atom is -0.325 e. The number of carbonyl (C=O) groups is 1. The van der Waals surface area contributed by atoms with E-state index in [1.165, 1.54) is 43.9 Å². The maximum atomic E-state index is 12.2. The summed E-state index contributed by atoms with van der Waals surface area (Å²) in [4.78, 5) is 12.2. The third kappa shape index (κ3) is 5.94. The minimum atomic E-state index is -0.0516. The van der Waals surface area contributed by atoms with Crippen LogP contribution in [-0.4, -0.2) is 26.4 Å². The van der Waals surface area contributed by atoms with Crippen molar-refractivity contribution in [2.75, 3.05) is 11.1 Å². The molecule has 1 aliphatic rings. The molecule has 1 N–H and O–H groups in total. The molecule has 1 aliphatic carbocycles. The van der Waals surface area contributed by atoms with Crippen molar-refractivity contribution in [3.63, 3.8) is 0 Å². The van der Waals surface area contributed by atoms with Gasteiger partial charge in [-0.15, -0.1) is 16.8 Å². The van der Waals surface area contributed by atoms with Crippen molar-refractivity contribution in [2.45, 2.75) is 50.2 Å². The number of halogens is 1. The summed E-state index contributed by atoms with van der Waals surface area (Å²) in [6.45, 7) is 4.53. The van der Waals surface area contributed by atoms with Gasteiger partial charge in [-0.2, -0.15) is 0 Å². The molecule has 1 aromatic heterocycles. The molecule has 1 fully saturated rings. The lowest BCUT2D eigenvalue weighted by atomic mass is 9.87. The van der Waals surface area contributed by atoms with Crippen LogP contribution in [0.3, 0.4) is 0 Å². The highest BCUT2D eigenvalue weighted by Gasteiger charge is 2.19. The second-order valence-corrected chi connectivity index (χ2v) is 8.71. The third-order valence-corrected chi connectivity index (χ3v) is 6.26. The molecular weight excluding hydrogens is 424 g/mol. The Balaban J connectivity index is 1.59. The van der Waals surface area contributed by atoms with Gasteiger partial charge in [0.05, 0.1) is 5.75 Å². The van der Waals surface area contributed by atoms with Crippen LogP contribution in [0, 0.1) is 5.92 Å². The highest BCUT2D eigenvalue weighted by Crippen LogP contribution is 2.27. The fourth-order valence-corrected chi connectivity index (χ4v) is 4.43. The fourth-order valence-electron chi connectivity index (χ4n) is 3.40. The number of anilines is 1. The number of amides is 1. The molecule has 0 atom stereocenters. The van der Waals surface area contributed by atoms with Crippen molar-refractivity contribution < 1.29 is 4.79 Å². The zero-order valence-electron chi connectivity index (χ0n) is 15.4. The monoisotopic (exact) mass is 448 g/mol. The highest BCUT2D eigenvalue weighted by atomic mass is 79.9. The van der Waals surface area contributed by atoms with Gasteiger partial charge in [-0.25, -0.2) is 0 Å². The predicted octanol–water partition coefficient (Wildman–Crippen LogP) is 5.08. The van der Waals surface area contributed by atoms with Crippen molar-refractivity contribution in [1.29, 1.82) is 0 Å². The zero-order chi connectivity index (χ0) is 19.1. The van der Waals surface area contributed by atoms with Gasteiger partial charge in [-0.3, -0.25) is 4.79 Å². The summed E-state index contributed by atoms with van der Waals surface area (Å²) in [5, 5.41) is 12.4. The Bertz CT molecular complexity index is 769. The van der Waals surface area contributed by atoms with E-state index in [1.54, 1.807) is 0 Å². The molecule has 0 saturated heterocycles. The van der Waals surface area contributed by atoms with Gasteiger partial charge < -0.3 is 9.88 Å². The van der Waals surface area contributed by atoms with Crippen molar-refractivity contribution in [3.05, 3.63) is 47.2 Å². The smallest absolute Gasteiger partial charge is 0.234 e. The first kappa shape index (κ1) is 20.1. The molecule has 0 spiro atoms. The van der Waals surface area contributed by atoms with E-state index in [4.69, 9.17) is 0 Å². The number of hydrogen-bond donors (Lipinski definition) is 1. The number of thioether (sulfide) groups is 1. The Labute approximate surface area is 173 Å². The Morgan fingerprint density at radius 1 is 1.26 bits per heavy atom. The first-order valence-electron chi connectivity index (χ1n) is 9.37. The number of hydrogen-bond acceptors (Lipinski definition) is 4. The van der Waals surface area contributed by atoms with Crippen LogP contribution in [0.4, 0.5) is 5.69 Å². The number of aromatic nitrogens is 3. The lowest BCUT2D eigenvalue weighted by Gasteiger charge is -2.21. The molecule has 0 radical (unpaired) electrons. The molecule has 2 aromatic rings. The summed E-state index contributed by atoms with van der Waals surface area (Å²) in [5.74, 6) is 1.96. The number of carbonyl (C=O) groups excluding carboxylic acids is 1. The van der Waals surface area contributed by atoms with E-state index in [2.05, 4.69) is 42.6 Å². The van der Waals surface area contributed by atoms with Crippen molar-refractivity contribution in [3.8, 4) is 0 Å². The molecule has 7 heteroatoms. The fraction of sp³-hybridized carbons (Fsp3) is 0.450. The van der Waals surface area contributed by atoms with Crippen LogP contribution in [0.1, 0.15) is 37.9 Å². The standard InChI is InChI=1S/C20H25BrN4OS/c1-2-12-25-18(13-15-6-4-3-5-7-15)23-24-20(25)27-14-19(26)22-17-10-8-16(21)9-11-17/h2,8-11,15H,1,3-7,12-14H2,(H,22,26). The molecule has 0 bridgehead atoms. The number of nitrogens with one attached hydrogen (secondary N) is 1. The van der Waals surface area contributed by atoms with Gasteiger partial charge in [0.25, 0.3) is 0 Å². The van der Waals surface area contributed by atoms with Crippen LogP contribution in [0.5, 0.6) is 0 Å². The first-order chi connectivity index (χ1) is 13.2. The summed E-state index contributed by atoms with van der Waals surface area (Å²) in [6, 6.07) is 7.55. The average Bonchev–Trinajstić information content (AvgIpc) is 3.05. The van der Waals surface area contributed by atoms with Crippen molar-refractivity contribution >= 4 is 39.3 Å². The van der Waals surface area contributed by atoms with Gasteiger partial charge in [-0.05, 0) is 30.2 Å². The molecule has 1 aromatic carbocycles. The lowest BCUT2D eigenvalue weighted by molar-refractivity contribution is -0.113. The second-order valence-electron chi connectivity index (χ2n) is 6.85. The van der Waals surface area contributed by atoms with E-state index in [9.17, 15) is 4.79 Å². The molecule has 1 heterocycles. The van der Waals surface area contributed by atoms with E-state index >= 15 is 0 Å². The topological polar surface area (TPSA) is 59.8 Å². The molecule has 5 nitrogen and oxygen atoms in total. The lowest BCUT2D eigenvalue weighted by Crippen LogP contribution is -2.15. The molecule has 1 amide bonds. The van der Waals surface area contributed by atoms with Crippen LogP contribution in [0.2, 0.25) is 0 Å². The quantitative estimate of drug-likeness (QED) is 0.451. The third-order valence-electron chi connectivity index (χ3n) is 4.76. The van der Waals surface area contributed by atoms with Crippen LogP contribution in [-0.2, 0) is 17.8 Å². The maximum absolute atomic E-state index is 12.2. The number of rotatable bonds is 8. The normalized spacial score (nSPS) is 14.9. The second kappa shape index (κ2) is 10.1. The number of nitrogens with zero attached hydrogens (tertiary/aromatic N) is 3. The number of benzene rings is 1. The van der Waals surface area contributed by atoms with E-state index in [0.717, 1.165) is 27.6 Å². The van der Waals surface area contributed by atoms with Gasteiger partial charge >= 0.3 is 0 Å². The summed E-state index contributed by atoms with van der Waals surface area (Å²) in [6.07, 6.45) is 9.37. The van der Waals surface area contributed by atoms with Gasteiger partial charge in [-0.1, -0.05) is 65.9 Å². The van der Waals surface area contributed by atoms with Crippen molar-refractivity contribution in [1.82, 2.24) is 14.8 Å². The molecule has 0 unspecified atom stereocenters. The molecule has 0 aliphatic heterocycles. The minimum absolute atomic E-state index is 0.0516. The Morgan fingerprint density at radius 2 is 2.00 bits per heavy atom. The maximum Gasteiger partial charge on any atom is 0.234 e. The van der Waals surface area contributed by atoms with Crippen LogP contribution < -0.4 is 5.32 Å². The number of allylic oxidation sites excluding steroid dienone is 1. The summed E-state index contributed by atoms with van der Waals surface area (Å²) in [5.41, 5.74) is 0.786. The summed E-state index contributed by atoms with van der Waals surface area (Å²) < 4.78 is 3.08. The highest BCUT2D eigenvalue weighted by molar-refractivity contribution is 9.10. The van der Waals surface area contributed by atoms with E-state index in [-0.39, 0.29) is 5.91 Å². The van der Waals surface area contributed by atoms with Gasteiger partial charge in [0.2, 0.25) is 5.91 Å².